The van der Waals surface area contributed by atoms with E-state index in [0.717, 1.165) is 47.4 Å². The van der Waals surface area contributed by atoms with E-state index in [1.165, 1.54) is 35.9 Å². The van der Waals surface area contributed by atoms with E-state index in [1.807, 2.05) is 17.5 Å². The Labute approximate surface area is 165 Å². The highest BCUT2D eigenvalue weighted by molar-refractivity contribution is 7.17. The van der Waals surface area contributed by atoms with Crippen LogP contribution >= 0.6 is 22.7 Å². The van der Waals surface area contributed by atoms with Gasteiger partial charge in [-0.05, 0) is 48.8 Å². The number of rotatable bonds is 4. The average Bonchev–Trinajstić information content (AvgIpc) is 3.22. The maximum atomic E-state index is 12.6. The van der Waals surface area contributed by atoms with Crippen LogP contribution in [0.5, 0.6) is 0 Å². The van der Waals surface area contributed by atoms with Gasteiger partial charge in [-0.1, -0.05) is 12.5 Å². The fraction of sp³-hybridized carbons (Fsp3) is 0.316. The number of fused-ring (bicyclic) bond motifs is 1. The number of amides is 3. The number of nitrogens with one attached hydrogen (secondary N) is 2. The van der Waals surface area contributed by atoms with E-state index in [0.29, 0.717) is 10.6 Å². The van der Waals surface area contributed by atoms with Crippen LogP contribution in [0.3, 0.4) is 0 Å². The van der Waals surface area contributed by atoms with E-state index < -0.39 is 12.0 Å². The van der Waals surface area contributed by atoms with Crippen LogP contribution in [0.25, 0.3) is 6.08 Å². The van der Waals surface area contributed by atoms with Gasteiger partial charge in [-0.3, -0.25) is 14.9 Å². The Morgan fingerprint density at radius 3 is 2.74 bits per heavy atom. The molecule has 0 aromatic carbocycles. The van der Waals surface area contributed by atoms with Crippen LogP contribution in [-0.4, -0.2) is 25.0 Å². The highest BCUT2D eigenvalue weighted by Gasteiger charge is 2.26. The molecule has 1 aliphatic rings. The van der Waals surface area contributed by atoms with Gasteiger partial charge in [0.25, 0.3) is 5.91 Å². The molecule has 27 heavy (non-hydrogen) atoms. The monoisotopic (exact) mass is 404 g/mol. The first-order valence-electron chi connectivity index (χ1n) is 8.65. The Morgan fingerprint density at radius 2 is 2.00 bits per heavy atom. The topological polar surface area (TPSA) is 84.5 Å². The zero-order chi connectivity index (χ0) is 19.2. The molecule has 2 N–H and O–H groups in total. The summed E-state index contributed by atoms with van der Waals surface area (Å²) in [5.74, 6) is -0.856. The third-order valence-corrected chi connectivity index (χ3v) is 6.27. The summed E-state index contributed by atoms with van der Waals surface area (Å²) in [6.07, 6.45) is 7.13. The number of alkyl carbamates (subject to hydrolysis) is 1. The van der Waals surface area contributed by atoms with Crippen molar-refractivity contribution >= 4 is 51.7 Å². The Hall–Kier alpha value is -2.45. The quantitative estimate of drug-likeness (QED) is 0.590. The number of thiophene rings is 2. The molecule has 1 aliphatic carbocycles. The first kappa shape index (κ1) is 19.3. The molecule has 0 unspecified atom stereocenters. The largest absolute Gasteiger partial charge is 0.453 e. The maximum Gasteiger partial charge on any atom is 0.413 e. The van der Waals surface area contributed by atoms with E-state index in [-0.39, 0.29) is 5.91 Å². The SMILES string of the molecule is COC(=O)NC(=O)c1c(NC(=O)/C=C/c2cccs2)sc2c1CCCCC2. The van der Waals surface area contributed by atoms with Crippen LogP contribution in [-0.2, 0) is 22.4 Å². The Morgan fingerprint density at radius 1 is 1.19 bits per heavy atom. The van der Waals surface area contributed by atoms with Gasteiger partial charge in [-0.15, -0.1) is 22.7 Å². The lowest BCUT2D eigenvalue weighted by atomic mass is 10.0. The number of imide groups is 1. The minimum Gasteiger partial charge on any atom is -0.453 e. The summed E-state index contributed by atoms with van der Waals surface area (Å²) >= 11 is 2.95. The Bertz CT molecular complexity index is 869. The van der Waals surface area contributed by atoms with Crippen LogP contribution in [0.2, 0.25) is 0 Å². The molecule has 8 heteroatoms. The van der Waals surface area contributed by atoms with Crippen molar-refractivity contribution in [3.05, 3.63) is 44.5 Å². The number of carbonyl (C=O) groups excluding carboxylic acids is 3. The normalized spacial score (nSPS) is 13.7. The van der Waals surface area contributed by atoms with Gasteiger partial charge in [0.1, 0.15) is 5.00 Å². The predicted molar refractivity (Wildman–Crippen MR) is 107 cm³/mol. The zero-order valence-corrected chi connectivity index (χ0v) is 16.5. The summed E-state index contributed by atoms with van der Waals surface area (Å²) in [4.78, 5) is 38.5. The molecule has 0 spiro atoms. The number of carbonyl (C=O) groups is 3. The minimum atomic E-state index is -0.816. The van der Waals surface area contributed by atoms with E-state index in [1.54, 1.807) is 6.08 Å². The number of anilines is 1. The second-order valence-electron chi connectivity index (χ2n) is 6.05. The number of methoxy groups -OCH3 is 1. The van der Waals surface area contributed by atoms with Crippen LogP contribution in [0.4, 0.5) is 9.80 Å². The number of ether oxygens (including phenoxy) is 1. The van der Waals surface area contributed by atoms with Gasteiger partial charge in [0, 0.05) is 15.8 Å². The third-order valence-electron chi connectivity index (χ3n) is 4.23. The Kier molecular flexibility index (Phi) is 6.41. The highest BCUT2D eigenvalue weighted by atomic mass is 32.1. The first-order valence-corrected chi connectivity index (χ1v) is 10.3. The molecule has 142 valence electrons. The van der Waals surface area contributed by atoms with Crippen LogP contribution < -0.4 is 10.6 Å². The number of hydrogen-bond donors (Lipinski definition) is 2. The summed E-state index contributed by atoms with van der Waals surface area (Å²) < 4.78 is 4.52. The molecule has 0 atom stereocenters. The molecule has 2 aromatic heterocycles. The van der Waals surface area contributed by atoms with Crippen LogP contribution in [0.15, 0.2) is 23.6 Å². The average molecular weight is 405 g/mol. The van der Waals surface area contributed by atoms with Crippen LogP contribution in [0.1, 0.15) is 44.9 Å². The van der Waals surface area contributed by atoms with Crippen LogP contribution in [0, 0.1) is 0 Å². The molecule has 0 fully saturated rings. The summed E-state index contributed by atoms with van der Waals surface area (Å²) in [7, 11) is 1.20. The number of hydrogen-bond acceptors (Lipinski definition) is 6. The zero-order valence-electron chi connectivity index (χ0n) is 14.9. The second kappa shape index (κ2) is 8.96. The molecule has 0 radical (unpaired) electrons. The second-order valence-corrected chi connectivity index (χ2v) is 8.14. The standard InChI is InChI=1S/C19H20N2O4S2/c1-25-19(24)21-17(23)16-13-7-3-2-4-8-14(13)27-18(16)20-15(22)10-9-12-6-5-11-26-12/h5-6,9-11H,2-4,7-8H2,1H3,(H,20,22)(H,21,23,24)/b10-9+. The van der Waals surface area contributed by atoms with Crippen molar-refractivity contribution in [1.29, 1.82) is 0 Å². The summed E-state index contributed by atoms with van der Waals surface area (Å²) in [5, 5.41) is 7.43. The van der Waals surface area contributed by atoms with E-state index >= 15 is 0 Å². The number of aryl methyl sites for hydroxylation is 1. The lowest BCUT2D eigenvalue weighted by Crippen LogP contribution is -2.31. The summed E-state index contributed by atoms with van der Waals surface area (Å²) in [6, 6.07) is 3.82. The Balaban J connectivity index is 1.85. The van der Waals surface area contributed by atoms with Gasteiger partial charge in [0.05, 0.1) is 12.7 Å². The van der Waals surface area contributed by atoms with Gasteiger partial charge in [0.15, 0.2) is 0 Å². The van der Waals surface area contributed by atoms with Crippen molar-refractivity contribution in [3.63, 3.8) is 0 Å². The lowest BCUT2D eigenvalue weighted by Gasteiger charge is -2.08. The van der Waals surface area contributed by atoms with E-state index in [2.05, 4.69) is 15.4 Å². The molecular formula is C19H20N2O4S2. The fourth-order valence-corrected chi connectivity index (χ4v) is 4.88. The van der Waals surface area contributed by atoms with E-state index in [9.17, 15) is 14.4 Å². The molecule has 0 bridgehead atoms. The molecule has 3 rings (SSSR count). The highest BCUT2D eigenvalue weighted by Crippen LogP contribution is 2.37. The minimum absolute atomic E-state index is 0.313. The van der Waals surface area contributed by atoms with E-state index in [4.69, 9.17) is 0 Å². The molecule has 0 aliphatic heterocycles. The third kappa shape index (κ3) is 4.84. The fourth-order valence-electron chi connectivity index (χ4n) is 2.97. The summed E-state index contributed by atoms with van der Waals surface area (Å²) in [6.45, 7) is 0. The van der Waals surface area contributed by atoms with Gasteiger partial charge in [-0.2, -0.15) is 0 Å². The van der Waals surface area contributed by atoms with Crippen molar-refractivity contribution < 1.29 is 19.1 Å². The van der Waals surface area contributed by atoms with Crippen molar-refractivity contribution in [2.75, 3.05) is 12.4 Å². The van der Waals surface area contributed by atoms with Crippen molar-refractivity contribution in [2.45, 2.75) is 32.1 Å². The molecule has 2 heterocycles. The van der Waals surface area contributed by atoms with Crippen molar-refractivity contribution in [3.8, 4) is 0 Å². The molecule has 2 aromatic rings. The van der Waals surface area contributed by atoms with Gasteiger partial charge in [0.2, 0.25) is 5.91 Å². The smallest absolute Gasteiger partial charge is 0.413 e. The van der Waals surface area contributed by atoms with Crippen molar-refractivity contribution in [2.24, 2.45) is 0 Å². The maximum absolute atomic E-state index is 12.6. The molecule has 6 nitrogen and oxygen atoms in total. The van der Waals surface area contributed by atoms with Crippen molar-refractivity contribution in [1.82, 2.24) is 5.32 Å². The van der Waals surface area contributed by atoms with Gasteiger partial charge >= 0.3 is 6.09 Å². The first-order chi connectivity index (χ1) is 13.1. The molecule has 0 saturated carbocycles. The predicted octanol–water partition coefficient (Wildman–Crippen LogP) is 4.23. The molecule has 3 amide bonds. The summed E-state index contributed by atoms with van der Waals surface area (Å²) in [5.41, 5.74) is 1.30. The molecular weight excluding hydrogens is 384 g/mol. The lowest BCUT2D eigenvalue weighted by molar-refractivity contribution is -0.111. The molecule has 0 saturated heterocycles. The van der Waals surface area contributed by atoms with Gasteiger partial charge < -0.3 is 10.1 Å². The van der Waals surface area contributed by atoms with Gasteiger partial charge in [-0.25, -0.2) is 4.79 Å².